The van der Waals surface area contributed by atoms with Gasteiger partial charge >= 0.3 is 0 Å². The van der Waals surface area contributed by atoms with Gasteiger partial charge in [-0.25, -0.2) is 0 Å². The standard InChI is InChI=1S/C9H21NO3/c1-9(8-12-2)10-4-3-6-13-7-5-11/h9-11H,3-8H2,1-2H3. The van der Waals surface area contributed by atoms with Crippen LogP contribution >= 0.6 is 0 Å². The van der Waals surface area contributed by atoms with Crippen molar-refractivity contribution >= 4 is 0 Å². The van der Waals surface area contributed by atoms with E-state index in [4.69, 9.17) is 14.6 Å². The zero-order valence-corrected chi connectivity index (χ0v) is 8.58. The molecule has 0 bridgehead atoms. The van der Waals surface area contributed by atoms with Crippen LogP contribution in [0.5, 0.6) is 0 Å². The number of methoxy groups -OCH3 is 1. The van der Waals surface area contributed by atoms with E-state index in [0.29, 0.717) is 19.3 Å². The Morgan fingerprint density at radius 1 is 1.38 bits per heavy atom. The van der Waals surface area contributed by atoms with Gasteiger partial charge in [-0.15, -0.1) is 0 Å². The van der Waals surface area contributed by atoms with E-state index in [9.17, 15) is 0 Å². The van der Waals surface area contributed by atoms with Crippen molar-refractivity contribution in [3.63, 3.8) is 0 Å². The van der Waals surface area contributed by atoms with Crippen LogP contribution in [0.1, 0.15) is 13.3 Å². The number of ether oxygens (including phenoxy) is 2. The van der Waals surface area contributed by atoms with Crippen LogP contribution in [0, 0.1) is 0 Å². The van der Waals surface area contributed by atoms with Gasteiger partial charge in [0.05, 0.1) is 19.8 Å². The normalized spacial score (nSPS) is 13.2. The van der Waals surface area contributed by atoms with Gasteiger partial charge in [0.1, 0.15) is 0 Å². The van der Waals surface area contributed by atoms with E-state index < -0.39 is 0 Å². The van der Waals surface area contributed by atoms with Crippen molar-refractivity contribution in [2.24, 2.45) is 0 Å². The maximum atomic E-state index is 8.42. The predicted octanol–water partition coefficient (Wildman–Crippen LogP) is 0.00990. The van der Waals surface area contributed by atoms with E-state index in [1.807, 2.05) is 0 Å². The number of nitrogens with one attached hydrogen (secondary N) is 1. The van der Waals surface area contributed by atoms with Crippen LogP contribution in [0.4, 0.5) is 0 Å². The average molecular weight is 191 g/mol. The number of aliphatic hydroxyl groups excluding tert-OH is 1. The highest BCUT2D eigenvalue weighted by molar-refractivity contribution is 4.57. The first kappa shape index (κ1) is 12.8. The van der Waals surface area contributed by atoms with Gasteiger partial charge in [0.2, 0.25) is 0 Å². The second-order valence-electron chi connectivity index (χ2n) is 3.00. The molecule has 4 heteroatoms. The third-order valence-electron chi connectivity index (χ3n) is 1.61. The molecule has 0 amide bonds. The molecule has 0 rings (SSSR count). The van der Waals surface area contributed by atoms with E-state index in [0.717, 1.165) is 19.6 Å². The lowest BCUT2D eigenvalue weighted by molar-refractivity contribution is 0.0896. The topological polar surface area (TPSA) is 50.7 Å². The molecule has 0 saturated carbocycles. The van der Waals surface area contributed by atoms with E-state index in [1.165, 1.54) is 0 Å². The van der Waals surface area contributed by atoms with Crippen LogP contribution in [0.2, 0.25) is 0 Å². The molecule has 80 valence electrons. The summed E-state index contributed by atoms with van der Waals surface area (Å²) in [6.07, 6.45) is 0.966. The number of rotatable bonds is 9. The van der Waals surface area contributed by atoms with Crippen molar-refractivity contribution in [2.75, 3.05) is 40.1 Å². The second-order valence-corrected chi connectivity index (χ2v) is 3.00. The molecule has 0 heterocycles. The Hall–Kier alpha value is -0.160. The highest BCUT2D eigenvalue weighted by Gasteiger charge is 1.98. The van der Waals surface area contributed by atoms with Crippen LogP contribution in [0.3, 0.4) is 0 Å². The summed E-state index contributed by atoms with van der Waals surface area (Å²) in [6.45, 7) is 4.99. The van der Waals surface area contributed by atoms with Gasteiger partial charge < -0.3 is 19.9 Å². The minimum atomic E-state index is 0.105. The third-order valence-corrected chi connectivity index (χ3v) is 1.61. The maximum absolute atomic E-state index is 8.42. The Labute approximate surface area is 80.2 Å². The third kappa shape index (κ3) is 9.76. The smallest absolute Gasteiger partial charge is 0.0697 e. The summed E-state index contributed by atoms with van der Waals surface area (Å²) in [7, 11) is 1.70. The molecule has 13 heavy (non-hydrogen) atoms. The van der Waals surface area contributed by atoms with E-state index in [-0.39, 0.29) is 6.61 Å². The molecule has 1 unspecified atom stereocenters. The van der Waals surface area contributed by atoms with E-state index >= 15 is 0 Å². The Morgan fingerprint density at radius 2 is 2.15 bits per heavy atom. The molecule has 1 atom stereocenters. The number of hydrogen-bond donors (Lipinski definition) is 2. The molecule has 0 aliphatic carbocycles. The van der Waals surface area contributed by atoms with Gasteiger partial charge in [0.15, 0.2) is 0 Å². The molecule has 0 aromatic heterocycles. The van der Waals surface area contributed by atoms with Crippen molar-refractivity contribution in [1.82, 2.24) is 5.32 Å². The fourth-order valence-electron chi connectivity index (χ4n) is 0.998. The second kappa shape index (κ2) is 9.92. The highest BCUT2D eigenvalue weighted by Crippen LogP contribution is 1.85. The predicted molar refractivity (Wildman–Crippen MR) is 51.9 cm³/mol. The molecular formula is C9H21NO3. The van der Waals surface area contributed by atoms with Crippen molar-refractivity contribution in [3.8, 4) is 0 Å². The largest absolute Gasteiger partial charge is 0.394 e. The summed E-state index contributed by atoms with van der Waals surface area (Å²) in [5, 5.41) is 11.7. The molecule has 0 spiro atoms. The zero-order chi connectivity index (χ0) is 9.94. The number of hydrogen-bond acceptors (Lipinski definition) is 4. The molecule has 0 aliphatic heterocycles. The summed E-state index contributed by atoms with van der Waals surface area (Å²) in [4.78, 5) is 0. The van der Waals surface area contributed by atoms with Crippen LogP contribution in [-0.2, 0) is 9.47 Å². The molecule has 0 saturated heterocycles. The minimum absolute atomic E-state index is 0.105. The monoisotopic (exact) mass is 191 g/mol. The molecule has 0 aliphatic rings. The van der Waals surface area contributed by atoms with Crippen molar-refractivity contribution in [1.29, 1.82) is 0 Å². The molecule has 0 aromatic rings. The van der Waals surface area contributed by atoms with Crippen molar-refractivity contribution in [3.05, 3.63) is 0 Å². The highest BCUT2D eigenvalue weighted by atomic mass is 16.5. The van der Waals surface area contributed by atoms with Crippen LogP contribution in [-0.4, -0.2) is 51.2 Å². The molecular weight excluding hydrogens is 170 g/mol. The quantitative estimate of drug-likeness (QED) is 0.504. The Bertz CT molecular complexity index is 101. The van der Waals surface area contributed by atoms with Gasteiger partial charge in [-0.2, -0.15) is 0 Å². The van der Waals surface area contributed by atoms with E-state index in [2.05, 4.69) is 12.2 Å². The first-order chi connectivity index (χ1) is 6.31. The first-order valence-corrected chi connectivity index (χ1v) is 4.72. The lowest BCUT2D eigenvalue weighted by Gasteiger charge is -2.12. The molecule has 0 radical (unpaired) electrons. The van der Waals surface area contributed by atoms with E-state index in [1.54, 1.807) is 7.11 Å². The summed E-state index contributed by atoms with van der Waals surface area (Å²) < 4.78 is 10.1. The Morgan fingerprint density at radius 3 is 2.77 bits per heavy atom. The molecule has 2 N–H and O–H groups in total. The Balaban J connectivity index is 2.97. The summed E-state index contributed by atoms with van der Waals surface area (Å²) >= 11 is 0. The lowest BCUT2D eigenvalue weighted by atomic mass is 10.3. The minimum Gasteiger partial charge on any atom is -0.394 e. The van der Waals surface area contributed by atoms with Gasteiger partial charge in [-0.3, -0.25) is 0 Å². The molecule has 4 nitrogen and oxygen atoms in total. The van der Waals surface area contributed by atoms with Crippen LogP contribution < -0.4 is 5.32 Å². The maximum Gasteiger partial charge on any atom is 0.0697 e. The lowest BCUT2D eigenvalue weighted by Crippen LogP contribution is -2.31. The molecule has 0 fully saturated rings. The van der Waals surface area contributed by atoms with Crippen molar-refractivity contribution in [2.45, 2.75) is 19.4 Å². The van der Waals surface area contributed by atoms with Crippen LogP contribution in [0.25, 0.3) is 0 Å². The van der Waals surface area contributed by atoms with Gasteiger partial charge in [-0.05, 0) is 19.9 Å². The zero-order valence-electron chi connectivity index (χ0n) is 8.58. The summed E-state index contributed by atoms with van der Waals surface area (Å²) in [6, 6.07) is 0.392. The SMILES string of the molecule is COCC(C)NCCCOCCO. The van der Waals surface area contributed by atoms with Crippen molar-refractivity contribution < 1.29 is 14.6 Å². The van der Waals surface area contributed by atoms with Crippen LogP contribution in [0.15, 0.2) is 0 Å². The fourth-order valence-corrected chi connectivity index (χ4v) is 0.998. The average Bonchev–Trinajstić information content (AvgIpc) is 2.11. The van der Waals surface area contributed by atoms with Gasteiger partial charge in [-0.1, -0.05) is 0 Å². The molecule has 0 aromatic carbocycles. The Kier molecular flexibility index (Phi) is 9.80. The summed E-state index contributed by atoms with van der Waals surface area (Å²) in [5.74, 6) is 0. The fraction of sp³-hybridized carbons (Fsp3) is 1.00. The number of aliphatic hydroxyl groups is 1. The van der Waals surface area contributed by atoms with Gasteiger partial charge in [0.25, 0.3) is 0 Å². The van der Waals surface area contributed by atoms with Gasteiger partial charge in [0, 0.05) is 19.8 Å². The summed E-state index contributed by atoms with van der Waals surface area (Å²) in [5.41, 5.74) is 0. The first-order valence-electron chi connectivity index (χ1n) is 4.72.